The molecule has 0 bridgehead atoms. The fourth-order valence-electron chi connectivity index (χ4n) is 5.55. The molecule has 2 saturated carbocycles. The summed E-state index contributed by atoms with van der Waals surface area (Å²) in [6.45, 7) is 4.90. The summed E-state index contributed by atoms with van der Waals surface area (Å²) in [5.74, 6) is 4.06. The third kappa shape index (κ3) is 7.92. The van der Waals surface area contributed by atoms with E-state index in [-0.39, 0.29) is 0 Å². The molecule has 2 rings (SSSR count). The van der Waals surface area contributed by atoms with Gasteiger partial charge < -0.3 is 0 Å². The quantitative estimate of drug-likeness (QED) is 0.474. The number of rotatable bonds is 2. The molecule has 0 aromatic heterocycles. The molecule has 0 nitrogen and oxygen atoms in total. The molecule has 2 aliphatic rings. The van der Waals surface area contributed by atoms with Gasteiger partial charge in [0.1, 0.15) is 0 Å². The van der Waals surface area contributed by atoms with E-state index in [0.29, 0.717) is 0 Å². The topological polar surface area (TPSA) is 0 Å². The highest BCUT2D eigenvalue weighted by molar-refractivity contribution is 4.75. The lowest BCUT2D eigenvalue weighted by atomic mass is 9.78. The standard InChI is InChI=1S/C24H46/c1-21(2)22-15-12-13-18-24(20-14-19-22)23-16-10-8-6-4-3-5-7-9-11-17-23/h21-24H,3-20H2,1-2H3. The van der Waals surface area contributed by atoms with Crippen LogP contribution in [0.5, 0.6) is 0 Å². The summed E-state index contributed by atoms with van der Waals surface area (Å²) < 4.78 is 0. The van der Waals surface area contributed by atoms with Crippen LogP contribution in [0.15, 0.2) is 0 Å². The van der Waals surface area contributed by atoms with E-state index < -0.39 is 0 Å². The van der Waals surface area contributed by atoms with Crippen molar-refractivity contribution >= 4 is 0 Å². The van der Waals surface area contributed by atoms with Crippen LogP contribution in [-0.4, -0.2) is 0 Å². The highest BCUT2D eigenvalue weighted by Crippen LogP contribution is 2.36. The van der Waals surface area contributed by atoms with Gasteiger partial charge in [0, 0.05) is 0 Å². The Balaban J connectivity index is 1.84. The minimum Gasteiger partial charge on any atom is -0.0625 e. The van der Waals surface area contributed by atoms with Crippen LogP contribution in [-0.2, 0) is 0 Å². The van der Waals surface area contributed by atoms with Gasteiger partial charge in [-0.3, -0.25) is 0 Å². The summed E-state index contributed by atoms with van der Waals surface area (Å²) in [5, 5.41) is 0. The van der Waals surface area contributed by atoms with Crippen LogP contribution >= 0.6 is 0 Å². The summed E-state index contributed by atoms with van der Waals surface area (Å²) >= 11 is 0. The summed E-state index contributed by atoms with van der Waals surface area (Å²) in [6, 6.07) is 0. The maximum absolute atomic E-state index is 2.45. The first-order chi connectivity index (χ1) is 11.8. The molecule has 2 atom stereocenters. The monoisotopic (exact) mass is 334 g/mol. The fourth-order valence-corrected chi connectivity index (χ4v) is 5.55. The normalized spacial score (nSPS) is 30.6. The Labute approximate surface area is 153 Å². The van der Waals surface area contributed by atoms with Crippen LogP contribution in [0.3, 0.4) is 0 Å². The Morgan fingerprint density at radius 3 is 1.25 bits per heavy atom. The van der Waals surface area contributed by atoms with Gasteiger partial charge >= 0.3 is 0 Å². The summed E-state index contributed by atoms with van der Waals surface area (Å²) in [6.07, 6.45) is 27.4. The first kappa shape index (κ1) is 20.3. The van der Waals surface area contributed by atoms with Gasteiger partial charge in [0.2, 0.25) is 0 Å². The van der Waals surface area contributed by atoms with Crippen molar-refractivity contribution in [2.24, 2.45) is 23.7 Å². The third-order valence-electron chi connectivity index (χ3n) is 7.31. The van der Waals surface area contributed by atoms with Gasteiger partial charge in [0.15, 0.2) is 0 Å². The maximum atomic E-state index is 2.45. The van der Waals surface area contributed by atoms with E-state index in [4.69, 9.17) is 0 Å². The zero-order valence-electron chi connectivity index (χ0n) is 17.0. The number of hydrogen-bond donors (Lipinski definition) is 0. The first-order valence-corrected chi connectivity index (χ1v) is 11.8. The molecule has 142 valence electrons. The second kappa shape index (κ2) is 12.4. The molecular weight excluding hydrogens is 288 g/mol. The lowest BCUT2D eigenvalue weighted by Crippen LogP contribution is -2.16. The average Bonchev–Trinajstić information content (AvgIpc) is 2.67. The second-order valence-corrected chi connectivity index (χ2v) is 9.50. The Hall–Kier alpha value is 0. The van der Waals surface area contributed by atoms with Crippen molar-refractivity contribution < 1.29 is 0 Å². The molecule has 0 aliphatic heterocycles. The van der Waals surface area contributed by atoms with E-state index in [1.54, 1.807) is 25.7 Å². The molecule has 0 aromatic rings. The van der Waals surface area contributed by atoms with Gasteiger partial charge in [-0.1, -0.05) is 129 Å². The molecule has 0 saturated heterocycles. The molecule has 24 heavy (non-hydrogen) atoms. The van der Waals surface area contributed by atoms with Gasteiger partial charge in [-0.15, -0.1) is 0 Å². The van der Waals surface area contributed by atoms with Gasteiger partial charge in [0.25, 0.3) is 0 Å². The number of hydrogen-bond acceptors (Lipinski definition) is 0. The van der Waals surface area contributed by atoms with Gasteiger partial charge in [-0.25, -0.2) is 0 Å². The summed E-state index contributed by atoms with van der Waals surface area (Å²) in [5.41, 5.74) is 0. The average molecular weight is 335 g/mol. The van der Waals surface area contributed by atoms with E-state index in [2.05, 4.69) is 13.8 Å². The Kier molecular flexibility index (Phi) is 10.5. The predicted octanol–water partition coefficient (Wildman–Crippen LogP) is 8.54. The largest absolute Gasteiger partial charge is 0.0625 e. The van der Waals surface area contributed by atoms with Crippen molar-refractivity contribution in [3.8, 4) is 0 Å². The molecular formula is C24H46. The molecule has 2 aliphatic carbocycles. The first-order valence-electron chi connectivity index (χ1n) is 11.8. The third-order valence-corrected chi connectivity index (χ3v) is 7.31. The van der Waals surface area contributed by atoms with E-state index >= 15 is 0 Å². The zero-order chi connectivity index (χ0) is 17.0. The van der Waals surface area contributed by atoms with Crippen LogP contribution in [0.1, 0.15) is 129 Å². The lowest BCUT2D eigenvalue weighted by Gasteiger charge is -2.28. The van der Waals surface area contributed by atoms with E-state index in [1.807, 2.05) is 0 Å². The van der Waals surface area contributed by atoms with Crippen molar-refractivity contribution in [3.63, 3.8) is 0 Å². The van der Waals surface area contributed by atoms with Gasteiger partial charge in [-0.2, -0.15) is 0 Å². The summed E-state index contributed by atoms with van der Waals surface area (Å²) in [4.78, 5) is 0. The van der Waals surface area contributed by atoms with E-state index in [1.165, 1.54) is 89.9 Å². The molecule has 0 N–H and O–H groups in total. The molecule has 0 heterocycles. The van der Waals surface area contributed by atoms with Crippen molar-refractivity contribution in [2.45, 2.75) is 129 Å². The molecule has 0 radical (unpaired) electrons. The predicted molar refractivity (Wildman–Crippen MR) is 108 cm³/mol. The van der Waals surface area contributed by atoms with Gasteiger partial charge in [-0.05, 0) is 23.7 Å². The highest BCUT2D eigenvalue weighted by atomic mass is 14.3. The fraction of sp³-hybridized carbons (Fsp3) is 1.00. The van der Waals surface area contributed by atoms with Crippen LogP contribution < -0.4 is 0 Å². The van der Waals surface area contributed by atoms with Crippen molar-refractivity contribution in [1.82, 2.24) is 0 Å². The smallest absolute Gasteiger partial charge is 0.0386 e. The van der Waals surface area contributed by atoms with Crippen molar-refractivity contribution in [2.75, 3.05) is 0 Å². The highest BCUT2D eigenvalue weighted by Gasteiger charge is 2.23. The molecule has 0 aromatic carbocycles. The SMILES string of the molecule is CC(C)C1CCCCC(C2CCCCCCCCCCC2)CCC1. The molecule has 0 spiro atoms. The summed E-state index contributed by atoms with van der Waals surface area (Å²) in [7, 11) is 0. The zero-order valence-corrected chi connectivity index (χ0v) is 17.0. The van der Waals surface area contributed by atoms with Crippen LogP contribution in [0.25, 0.3) is 0 Å². The second-order valence-electron chi connectivity index (χ2n) is 9.50. The maximum Gasteiger partial charge on any atom is -0.0386 e. The Bertz CT molecular complexity index is 280. The van der Waals surface area contributed by atoms with Gasteiger partial charge in [0.05, 0.1) is 0 Å². The van der Waals surface area contributed by atoms with Crippen molar-refractivity contribution in [3.05, 3.63) is 0 Å². The van der Waals surface area contributed by atoms with Crippen LogP contribution in [0, 0.1) is 23.7 Å². The Morgan fingerprint density at radius 1 is 0.417 bits per heavy atom. The molecule has 0 amide bonds. The van der Waals surface area contributed by atoms with Crippen LogP contribution in [0.2, 0.25) is 0 Å². The van der Waals surface area contributed by atoms with Crippen molar-refractivity contribution in [1.29, 1.82) is 0 Å². The minimum atomic E-state index is 0.905. The van der Waals surface area contributed by atoms with E-state index in [9.17, 15) is 0 Å². The Morgan fingerprint density at radius 2 is 0.750 bits per heavy atom. The van der Waals surface area contributed by atoms with E-state index in [0.717, 1.165) is 23.7 Å². The van der Waals surface area contributed by atoms with Crippen LogP contribution in [0.4, 0.5) is 0 Å². The molecule has 2 fully saturated rings. The minimum absolute atomic E-state index is 0.905. The lowest BCUT2D eigenvalue weighted by molar-refractivity contribution is 0.238. The molecule has 0 heteroatoms. The molecule has 2 unspecified atom stereocenters.